The number of rotatable bonds is 6. The number of hydrogen-bond acceptors (Lipinski definition) is 5. The smallest absolute Gasteiger partial charge is 0.221 e. The molecule has 0 aromatic carbocycles. The quantitative estimate of drug-likeness (QED) is 0.638. The Morgan fingerprint density at radius 2 is 2.31 bits per heavy atom. The van der Waals surface area contributed by atoms with E-state index < -0.39 is 0 Å². The zero-order valence-corrected chi connectivity index (χ0v) is 10.6. The second-order valence-corrected chi connectivity index (χ2v) is 4.78. The number of ether oxygens (including phenoxy) is 2. The Morgan fingerprint density at radius 3 is 2.88 bits per heavy atom. The summed E-state index contributed by atoms with van der Waals surface area (Å²) in [7, 11) is 3.11. The molecule has 6 heteroatoms. The van der Waals surface area contributed by atoms with Crippen LogP contribution in [-0.2, 0) is 14.3 Å². The largest absolute Gasteiger partial charge is 0.354 e. The van der Waals surface area contributed by atoms with Gasteiger partial charge in [0, 0.05) is 44.7 Å². The molecule has 0 aromatic heterocycles. The molecule has 1 heterocycles. The molecule has 1 rings (SSSR count). The maximum atomic E-state index is 11.6. The number of hydrogen-bond donors (Lipinski definition) is 2. The van der Waals surface area contributed by atoms with Gasteiger partial charge in [0.15, 0.2) is 6.29 Å². The molecule has 2 N–H and O–H groups in total. The summed E-state index contributed by atoms with van der Waals surface area (Å²) in [5, 5.41) is 6.12. The van der Waals surface area contributed by atoms with Crippen LogP contribution in [0.2, 0.25) is 0 Å². The third kappa shape index (κ3) is 5.16. The summed E-state index contributed by atoms with van der Waals surface area (Å²) in [5.74, 6) is 2.18. The van der Waals surface area contributed by atoms with E-state index in [2.05, 4.69) is 10.6 Å². The van der Waals surface area contributed by atoms with Crippen molar-refractivity contribution in [2.45, 2.75) is 18.8 Å². The third-order valence-electron chi connectivity index (χ3n) is 2.42. The van der Waals surface area contributed by atoms with Gasteiger partial charge in [-0.1, -0.05) is 0 Å². The van der Waals surface area contributed by atoms with Crippen LogP contribution in [0.5, 0.6) is 0 Å². The molecular formula is C10H20N2O3S. The Bertz CT molecular complexity index is 206. The average molecular weight is 248 g/mol. The molecule has 0 aromatic rings. The molecule has 0 spiro atoms. The zero-order valence-electron chi connectivity index (χ0n) is 9.82. The molecule has 0 bridgehead atoms. The van der Waals surface area contributed by atoms with E-state index in [0.717, 1.165) is 18.1 Å². The Labute approximate surface area is 101 Å². The molecule has 1 unspecified atom stereocenters. The highest BCUT2D eigenvalue weighted by Gasteiger charge is 2.17. The minimum Gasteiger partial charge on any atom is -0.354 e. The van der Waals surface area contributed by atoms with Crippen molar-refractivity contribution in [2.24, 2.45) is 0 Å². The fraction of sp³-hybridized carbons (Fsp3) is 0.900. The summed E-state index contributed by atoms with van der Waals surface area (Å²) in [5.41, 5.74) is 0. The van der Waals surface area contributed by atoms with Gasteiger partial charge in [-0.2, -0.15) is 11.8 Å². The highest BCUT2D eigenvalue weighted by molar-refractivity contribution is 7.99. The van der Waals surface area contributed by atoms with Crippen LogP contribution in [0.15, 0.2) is 0 Å². The van der Waals surface area contributed by atoms with Crippen LogP contribution < -0.4 is 10.6 Å². The van der Waals surface area contributed by atoms with Crippen molar-refractivity contribution in [3.05, 3.63) is 0 Å². The minimum absolute atomic E-state index is 0.0408. The molecule has 1 fully saturated rings. The van der Waals surface area contributed by atoms with E-state index in [1.54, 1.807) is 14.2 Å². The van der Waals surface area contributed by atoms with E-state index in [0.29, 0.717) is 19.0 Å². The molecule has 5 nitrogen and oxygen atoms in total. The van der Waals surface area contributed by atoms with E-state index >= 15 is 0 Å². The summed E-state index contributed by atoms with van der Waals surface area (Å²) in [6, 6.07) is 0.294. The van der Waals surface area contributed by atoms with Gasteiger partial charge in [-0.3, -0.25) is 4.79 Å². The number of amides is 1. The topological polar surface area (TPSA) is 59.6 Å². The Kier molecular flexibility index (Phi) is 6.79. The highest BCUT2D eigenvalue weighted by Crippen LogP contribution is 2.09. The Hall–Kier alpha value is -0.300. The van der Waals surface area contributed by atoms with Crippen molar-refractivity contribution in [2.75, 3.05) is 38.8 Å². The minimum atomic E-state index is -0.363. The van der Waals surface area contributed by atoms with Crippen molar-refractivity contribution >= 4 is 17.7 Å². The summed E-state index contributed by atoms with van der Waals surface area (Å²) in [6.45, 7) is 1.38. The molecule has 1 atom stereocenters. The van der Waals surface area contributed by atoms with Crippen LogP contribution in [0.1, 0.15) is 6.42 Å². The summed E-state index contributed by atoms with van der Waals surface area (Å²) < 4.78 is 9.97. The molecule has 0 aliphatic carbocycles. The van der Waals surface area contributed by atoms with Gasteiger partial charge in [0.2, 0.25) is 5.91 Å². The third-order valence-corrected chi connectivity index (χ3v) is 3.55. The SMILES string of the molecule is COC(CNC(=O)CC1CSCCN1)OC. The molecule has 1 aliphatic heterocycles. The van der Waals surface area contributed by atoms with E-state index in [1.807, 2.05) is 11.8 Å². The summed E-state index contributed by atoms with van der Waals surface area (Å²) >= 11 is 1.89. The van der Waals surface area contributed by atoms with E-state index in [-0.39, 0.29) is 12.2 Å². The van der Waals surface area contributed by atoms with Crippen molar-refractivity contribution in [1.29, 1.82) is 0 Å². The molecule has 94 valence electrons. The molecular weight excluding hydrogens is 228 g/mol. The lowest BCUT2D eigenvalue weighted by Gasteiger charge is -2.23. The lowest BCUT2D eigenvalue weighted by Crippen LogP contribution is -2.42. The van der Waals surface area contributed by atoms with Gasteiger partial charge in [0.1, 0.15) is 0 Å². The summed E-state index contributed by atoms with van der Waals surface area (Å²) in [6.07, 6.45) is 0.158. The fourth-order valence-electron chi connectivity index (χ4n) is 1.51. The van der Waals surface area contributed by atoms with Crippen molar-refractivity contribution in [3.63, 3.8) is 0 Å². The first-order valence-corrected chi connectivity index (χ1v) is 6.55. The number of carbonyl (C=O) groups excluding carboxylic acids is 1. The van der Waals surface area contributed by atoms with Gasteiger partial charge in [-0.05, 0) is 0 Å². The number of methoxy groups -OCH3 is 2. The van der Waals surface area contributed by atoms with Crippen molar-refractivity contribution < 1.29 is 14.3 Å². The second kappa shape index (κ2) is 7.89. The standard InChI is InChI=1S/C10H20N2O3S/c1-14-10(15-2)6-12-9(13)5-8-7-16-4-3-11-8/h8,10-11H,3-7H2,1-2H3,(H,12,13). The van der Waals surface area contributed by atoms with Crippen LogP contribution in [-0.4, -0.2) is 57.1 Å². The first-order chi connectivity index (χ1) is 7.76. The molecule has 1 amide bonds. The molecule has 16 heavy (non-hydrogen) atoms. The van der Waals surface area contributed by atoms with Gasteiger partial charge in [0.05, 0.1) is 6.54 Å². The van der Waals surface area contributed by atoms with Gasteiger partial charge in [-0.25, -0.2) is 0 Å². The monoisotopic (exact) mass is 248 g/mol. The average Bonchev–Trinajstić information content (AvgIpc) is 2.31. The fourth-order valence-corrected chi connectivity index (χ4v) is 2.46. The van der Waals surface area contributed by atoms with Crippen LogP contribution >= 0.6 is 11.8 Å². The van der Waals surface area contributed by atoms with Gasteiger partial charge < -0.3 is 20.1 Å². The van der Waals surface area contributed by atoms with Gasteiger partial charge in [0.25, 0.3) is 0 Å². The normalized spacial score (nSPS) is 21.1. The zero-order chi connectivity index (χ0) is 11.8. The number of thioether (sulfide) groups is 1. The predicted molar refractivity (Wildman–Crippen MR) is 64.5 cm³/mol. The van der Waals surface area contributed by atoms with Crippen LogP contribution in [0.25, 0.3) is 0 Å². The predicted octanol–water partition coefficient (Wildman–Crippen LogP) is -0.183. The molecule has 0 radical (unpaired) electrons. The van der Waals surface area contributed by atoms with E-state index in [4.69, 9.17) is 9.47 Å². The van der Waals surface area contributed by atoms with Gasteiger partial charge in [-0.15, -0.1) is 0 Å². The van der Waals surface area contributed by atoms with Gasteiger partial charge >= 0.3 is 0 Å². The molecule has 0 saturated carbocycles. The van der Waals surface area contributed by atoms with Crippen molar-refractivity contribution in [3.8, 4) is 0 Å². The first kappa shape index (κ1) is 13.8. The van der Waals surface area contributed by atoms with Crippen LogP contribution in [0.4, 0.5) is 0 Å². The Morgan fingerprint density at radius 1 is 1.56 bits per heavy atom. The lowest BCUT2D eigenvalue weighted by atomic mass is 10.2. The van der Waals surface area contributed by atoms with E-state index in [9.17, 15) is 4.79 Å². The lowest BCUT2D eigenvalue weighted by molar-refractivity contribution is -0.127. The second-order valence-electron chi connectivity index (χ2n) is 3.64. The summed E-state index contributed by atoms with van der Waals surface area (Å²) in [4.78, 5) is 11.6. The Balaban J connectivity index is 2.14. The first-order valence-electron chi connectivity index (χ1n) is 5.39. The van der Waals surface area contributed by atoms with Crippen LogP contribution in [0.3, 0.4) is 0 Å². The molecule has 1 saturated heterocycles. The molecule has 1 aliphatic rings. The maximum absolute atomic E-state index is 11.6. The van der Waals surface area contributed by atoms with E-state index in [1.165, 1.54) is 0 Å². The highest BCUT2D eigenvalue weighted by atomic mass is 32.2. The number of nitrogens with one attached hydrogen (secondary N) is 2. The maximum Gasteiger partial charge on any atom is 0.221 e. The van der Waals surface area contributed by atoms with Crippen molar-refractivity contribution in [1.82, 2.24) is 10.6 Å². The number of carbonyl (C=O) groups is 1. The van der Waals surface area contributed by atoms with Crippen LogP contribution in [0, 0.1) is 0 Å².